The molecule has 0 bridgehead atoms. The number of hydrogen-bond acceptors (Lipinski definition) is 4. The summed E-state index contributed by atoms with van der Waals surface area (Å²) in [5, 5.41) is 9.12. The van der Waals surface area contributed by atoms with Crippen LogP contribution in [-0.4, -0.2) is 33.3 Å². The van der Waals surface area contributed by atoms with Crippen molar-refractivity contribution in [3.8, 4) is 5.75 Å². The van der Waals surface area contributed by atoms with Crippen molar-refractivity contribution in [1.29, 1.82) is 0 Å². The van der Waals surface area contributed by atoms with Crippen LogP contribution in [0.3, 0.4) is 0 Å². The van der Waals surface area contributed by atoms with E-state index in [1.54, 1.807) is 33.1 Å². The highest BCUT2D eigenvalue weighted by atomic mass is 32.2. The average molecular weight is 273 g/mol. The van der Waals surface area contributed by atoms with Crippen LogP contribution >= 0.6 is 0 Å². The van der Waals surface area contributed by atoms with E-state index in [4.69, 9.17) is 9.84 Å². The van der Waals surface area contributed by atoms with Gasteiger partial charge in [-0.25, -0.2) is 13.1 Å². The maximum atomic E-state index is 12.0. The van der Waals surface area contributed by atoms with Gasteiger partial charge in [0.25, 0.3) is 0 Å². The van der Waals surface area contributed by atoms with Gasteiger partial charge in [-0.3, -0.25) is 0 Å². The number of aliphatic hydroxyl groups is 1. The molecule has 1 aromatic carbocycles. The monoisotopic (exact) mass is 273 g/mol. The van der Waals surface area contributed by atoms with Gasteiger partial charge in [-0.1, -0.05) is 0 Å². The topological polar surface area (TPSA) is 75.6 Å². The quantitative estimate of drug-likeness (QED) is 0.838. The first-order valence-electron chi connectivity index (χ1n) is 5.61. The number of methoxy groups -OCH3 is 1. The van der Waals surface area contributed by atoms with E-state index in [9.17, 15) is 8.42 Å². The molecule has 102 valence electrons. The molecule has 5 nitrogen and oxygen atoms in total. The van der Waals surface area contributed by atoms with Crippen LogP contribution in [0.15, 0.2) is 17.0 Å². The molecule has 0 amide bonds. The fourth-order valence-corrected chi connectivity index (χ4v) is 3.01. The summed E-state index contributed by atoms with van der Waals surface area (Å²) in [4.78, 5) is 0.210. The van der Waals surface area contributed by atoms with Gasteiger partial charge in [0.2, 0.25) is 10.0 Å². The van der Waals surface area contributed by atoms with E-state index < -0.39 is 16.1 Å². The van der Waals surface area contributed by atoms with Gasteiger partial charge in [0.15, 0.2) is 0 Å². The van der Waals surface area contributed by atoms with Crippen molar-refractivity contribution in [2.24, 2.45) is 0 Å². The highest BCUT2D eigenvalue weighted by Gasteiger charge is 2.18. The standard InChI is InChI=1S/C12H19NO4S/c1-8-6-12(9(2)5-11(8)17-4)18(15,16)13-7-10(3)14/h5-6,10,13-14H,7H2,1-4H3. The van der Waals surface area contributed by atoms with Crippen molar-refractivity contribution in [1.82, 2.24) is 4.72 Å². The molecule has 2 N–H and O–H groups in total. The Morgan fingerprint density at radius 1 is 1.33 bits per heavy atom. The summed E-state index contributed by atoms with van der Waals surface area (Å²) in [6.45, 7) is 5.01. The zero-order chi connectivity index (χ0) is 13.9. The van der Waals surface area contributed by atoms with Crippen LogP contribution in [0.2, 0.25) is 0 Å². The molecule has 1 unspecified atom stereocenters. The third-order valence-corrected chi connectivity index (χ3v) is 4.12. The predicted octanol–water partition coefficient (Wildman–Crippen LogP) is 0.971. The molecule has 18 heavy (non-hydrogen) atoms. The van der Waals surface area contributed by atoms with Gasteiger partial charge in [-0.15, -0.1) is 0 Å². The lowest BCUT2D eigenvalue weighted by Crippen LogP contribution is -2.31. The summed E-state index contributed by atoms with van der Waals surface area (Å²) in [5.41, 5.74) is 1.36. The number of aliphatic hydroxyl groups excluding tert-OH is 1. The highest BCUT2D eigenvalue weighted by molar-refractivity contribution is 7.89. The first kappa shape index (κ1) is 14.9. The molecule has 0 fully saturated rings. The second-order valence-electron chi connectivity index (χ2n) is 4.29. The molecular formula is C12H19NO4S. The molecule has 0 heterocycles. The summed E-state index contributed by atoms with van der Waals surface area (Å²) in [6.07, 6.45) is -0.723. The van der Waals surface area contributed by atoms with Crippen molar-refractivity contribution in [3.05, 3.63) is 23.3 Å². The van der Waals surface area contributed by atoms with Crippen molar-refractivity contribution < 1.29 is 18.3 Å². The Kier molecular flexibility index (Phi) is 4.72. The molecule has 0 saturated carbocycles. The van der Waals surface area contributed by atoms with Crippen LogP contribution in [0, 0.1) is 13.8 Å². The van der Waals surface area contributed by atoms with E-state index in [0.717, 1.165) is 5.56 Å². The fraction of sp³-hybridized carbons (Fsp3) is 0.500. The Labute approximate surface area is 108 Å². The largest absolute Gasteiger partial charge is 0.496 e. The zero-order valence-electron chi connectivity index (χ0n) is 11.0. The molecule has 0 aliphatic rings. The van der Waals surface area contributed by atoms with Gasteiger partial charge in [-0.2, -0.15) is 0 Å². The first-order valence-corrected chi connectivity index (χ1v) is 7.09. The molecular weight excluding hydrogens is 254 g/mol. The van der Waals surface area contributed by atoms with Gasteiger partial charge in [0.1, 0.15) is 5.75 Å². The SMILES string of the molecule is COc1cc(C)c(S(=O)(=O)NCC(C)O)cc1C. The molecule has 1 atom stereocenters. The van der Waals surface area contributed by atoms with Crippen LogP contribution in [0.1, 0.15) is 18.1 Å². The van der Waals surface area contributed by atoms with E-state index in [1.807, 2.05) is 0 Å². The Balaban J connectivity index is 3.13. The predicted molar refractivity (Wildman–Crippen MR) is 69.3 cm³/mol. The number of benzene rings is 1. The number of sulfonamides is 1. The van der Waals surface area contributed by atoms with Crippen molar-refractivity contribution in [2.45, 2.75) is 31.8 Å². The zero-order valence-corrected chi connectivity index (χ0v) is 11.8. The van der Waals surface area contributed by atoms with E-state index in [0.29, 0.717) is 11.3 Å². The second kappa shape index (κ2) is 5.69. The maximum absolute atomic E-state index is 12.0. The lowest BCUT2D eigenvalue weighted by atomic mass is 10.1. The first-order chi connectivity index (χ1) is 8.27. The number of hydrogen-bond donors (Lipinski definition) is 2. The van der Waals surface area contributed by atoms with Gasteiger partial charge in [0, 0.05) is 6.54 Å². The van der Waals surface area contributed by atoms with E-state index in [2.05, 4.69) is 4.72 Å². The Morgan fingerprint density at radius 2 is 1.94 bits per heavy atom. The third kappa shape index (κ3) is 3.44. The van der Waals surface area contributed by atoms with Gasteiger partial charge in [-0.05, 0) is 44.0 Å². The molecule has 0 aromatic heterocycles. The van der Waals surface area contributed by atoms with Crippen molar-refractivity contribution in [3.63, 3.8) is 0 Å². The maximum Gasteiger partial charge on any atom is 0.240 e. The van der Waals surface area contributed by atoms with Crippen LogP contribution in [-0.2, 0) is 10.0 Å². The van der Waals surface area contributed by atoms with E-state index >= 15 is 0 Å². The Morgan fingerprint density at radius 3 is 2.44 bits per heavy atom. The minimum Gasteiger partial charge on any atom is -0.496 e. The Hall–Kier alpha value is -1.11. The van der Waals surface area contributed by atoms with Gasteiger partial charge in [0.05, 0.1) is 18.1 Å². The molecule has 0 aliphatic heterocycles. The minimum atomic E-state index is -3.60. The summed E-state index contributed by atoms with van der Waals surface area (Å²) < 4.78 is 31.6. The van der Waals surface area contributed by atoms with Crippen LogP contribution < -0.4 is 9.46 Å². The van der Waals surface area contributed by atoms with Crippen LogP contribution in [0.4, 0.5) is 0 Å². The lowest BCUT2D eigenvalue weighted by Gasteiger charge is -2.13. The lowest BCUT2D eigenvalue weighted by molar-refractivity contribution is 0.198. The third-order valence-electron chi connectivity index (χ3n) is 2.55. The summed E-state index contributed by atoms with van der Waals surface area (Å²) in [6, 6.07) is 3.25. The fourth-order valence-electron chi connectivity index (χ4n) is 1.58. The molecule has 1 rings (SSSR count). The van der Waals surface area contributed by atoms with Gasteiger partial charge < -0.3 is 9.84 Å². The van der Waals surface area contributed by atoms with Crippen LogP contribution in [0.5, 0.6) is 5.75 Å². The van der Waals surface area contributed by atoms with E-state index in [-0.39, 0.29) is 11.4 Å². The molecule has 0 radical (unpaired) electrons. The molecule has 0 spiro atoms. The summed E-state index contributed by atoms with van der Waals surface area (Å²) >= 11 is 0. The average Bonchev–Trinajstić information content (AvgIpc) is 2.29. The van der Waals surface area contributed by atoms with E-state index in [1.165, 1.54) is 6.92 Å². The minimum absolute atomic E-state index is 0.00709. The summed E-state index contributed by atoms with van der Waals surface area (Å²) in [7, 11) is -2.06. The molecule has 6 heteroatoms. The second-order valence-corrected chi connectivity index (χ2v) is 6.02. The Bertz CT molecular complexity index is 523. The van der Waals surface area contributed by atoms with Crippen LogP contribution in [0.25, 0.3) is 0 Å². The highest BCUT2D eigenvalue weighted by Crippen LogP contribution is 2.25. The molecule has 0 saturated heterocycles. The number of aryl methyl sites for hydroxylation is 2. The van der Waals surface area contributed by atoms with Gasteiger partial charge >= 0.3 is 0 Å². The van der Waals surface area contributed by atoms with Crippen molar-refractivity contribution >= 4 is 10.0 Å². The van der Waals surface area contributed by atoms with Crippen molar-refractivity contribution in [2.75, 3.05) is 13.7 Å². The molecule has 0 aliphatic carbocycles. The smallest absolute Gasteiger partial charge is 0.240 e. The number of rotatable bonds is 5. The normalized spacial score (nSPS) is 13.4. The summed E-state index contributed by atoms with van der Waals surface area (Å²) in [5.74, 6) is 0.655. The number of nitrogens with one attached hydrogen (secondary N) is 1. The number of ether oxygens (including phenoxy) is 1. The molecule has 1 aromatic rings.